The summed E-state index contributed by atoms with van der Waals surface area (Å²) >= 11 is 0. The molecule has 0 spiro atoms. The van der Waals surface area contributed by atoms with Crippen molar-refractivity contribution in [1.82, 2.24) is 5.32 Å². The van der Waals surface area contributed by atoms with Crippen LogP contribution < -0.4 is 10.6 Å². The van der Waals surface area contributed by atoms with Crippen molar-refractivity contribution < 1.29 is 9.59 Å². The molecule has 1 fully saturated rings. The molecule has 1 aliphatic carbocycles. The van der Waals surface area contributed by atoms with Gasteiger partial charge < -0.3 is 10.6 Å². The van der Waals surface area contributed by atoms with Crippen LogP contribution in [0, 0.1) is 5.92 Å². The van der Waals surface area contributed by atoms with Crippen molar-refractivity contribution in [3.8, 4) is 0 Å². The molecule has 0 radical (unpaired) electrons. The zero-order valence-corrected chi connectivity index (χ0v) is 9.99. The van der Waals surface area contributed by atoms with Crippen LogP contribution in [-0.4, -0.2) is 17.9 Å². The SMILES string of the molecule is CC(=O)c1cccc(NC(=O)NC2CC2C)c1. The molecule has 1 saturated carbocycles. The van der Waals surface area contributed by atoms with Gasteiger partial charge in [-0.05, 0) is 31.4 Å². The van der Waals surface area contributed by atoms with Gasteiger partial charge in [0.2, 0.25) is 0 Å². The lowest BCUT2D eigenvalue weighted by molar-refractivity contribution is 0.101. The third-order valence-electron chi connectivity index (χ3n) is 2.95. The van der Waals surface area contributed by atoms with Crippen LogP contribution in [0.25, 0.3) is 0 Å². The fourth-order valence-corrected chi connectivity index (χ4v) is 1.67. The first-order valence-electron chi connectivity index (χ1n) is 5.75. The van der Waals surface area contributed by atoms with Crippen molar-refractivity contribution in [3.05, 3.63) is 29.8 Å². The molecular formula is C13H16N2O2. The Hall–Kier alpha value is -1.84. The Morgan fingerprint density at radius 3 is 2.65 bits per heavy atom. The number of benzene rings is 1. The molecule has 0 aromatic heterocycles. The average Bonchev–Trinajstić information content (AvgIpc) is 2.94. The second-order valence-corrected chi connectivity index (χ2v) is 4.55. The molecule has 2 unspecified atom stereocenters. The fourth-order valence-electron chi connectivity index (χ4n) is 1.67. The van der Waals surface area contributed by atoms with Gasteiger partial charge in [0.1, 0.15) is 0 Å². The van der Waals surface area contributed by atoms with Crippen LogP contribution in [0.3, 0.4) is 0 Å². The summed E-state index contributed by atoms with van der Waals surface area (Å²) in [4.78, 5) is 22.8. The van der Waals surface area contributed by atoms with Crippen molar-refractivity contribution in [3.63, 3.8) is 0 Å². The normalized spacial score (nSPS) is 21.8. The van der Waals surface area contributed by atoms with E-state index in [4.69, 9.17) is 0 Å². The number of hydrogen-bond donors (Lipinski definition) is 2. The number of nitrogens with one attached hydrogen (secondary N) is 2. The predicted octanol–water partition coefficient (Wildman–Crippen LogP) is 2.42. The van der Waals surface area contributed by atoms with Crippen molar-refractivity contribution in [2.24, 2.45) is 5.92 Å². The molecule has 4 heteroatoms. The Morgan fingerprint density at radius 2 is 2.06 bits per heavy atom. The zero-order chi connectivity index (χ0) is 12.4. The summed E-state index contributed by atoms with van der Waals surface area (Å²) in [5, 5.41) is 5.59. The van der Waals surface area contributed by atoms with Gasteiger partial charge in [0.05, 0.1) is 0 Å². The Morgan fingerprint density at radius 1 is 1.35 bits per heavy atom. The van der Waals surface area contributed by atoms with Crippen LogP contribution in [0.15, 0.2) is 24.3 Å². The maximum absolute atomic E-state index is 11.6. The number of carbonyl (C=O) groups excluding carboxylic acids is 2. The summed E-state index contributed by atoms with van der Waals surface area (Å²) < 4.78 is 0. The van der Waals surface area contributed by atoms with Crippen LogP contribution >= 0.6 is 0 Å². The Labute approximate surface area is 100 Å². The molecule has 2 rings (SSSR count). The third-order valence-corrected chi connectivity index (χ3v) is 2.95. The maximum Gasteiger partial charge on any atom is 0.319 e. The summed E-state index contributed by atoms with van der Waals surface area (Å²) in [7, 11) is 0. The summed E-state index contributed by atoms with van der Waals surface area (Å²) in [6.45, 7) is 3.60. The molecule has 4 nitrogen and oxygen atoms in total. The van der Waals surface area contributed by atoms with Gasteiger partial charge in [0.25, 0.3) is 0 Å². The average molecular weight is 232 g/mol. The summed E-state index contributed by atoms with van der Waals surface area (Å²) in [6.07, 6.45) is 1.04. The molecule has 90 valence electrons. The standard InChI is InChI=1S/C13H16N2O2/c1-8-6-12(8)15-13(17)14-11-5-3-4-10(7-11)9(2)16/h3-5,7-8,12H,6H2,1-2H3,(H2,14,15,17). The molecule has 0 aliphatic heterocycles. The minimum absolute atomic E-state index is 0.00938. The van der Waals surface area contributed by atoms with Crippen LogP contribution in [-0.2, 0) is 0 Å². The Balaban J connectivity index is 1.95. The number of anilines is 1. The highest BCUT2D eigenvalue weighted by atomic mass is 16.2. The Bertz CT molecular complexity index is 456. The minimum atomic E-state index is -0.208. The molecule has 17 heavy (non-hydrogen) atoms. The zero-order valence-electron chi connectivity index (χ0n) is 9.99. The van der Waals surface area contributed by atoms with Crippen molar-refractivity contribution >= 4 is 17.5 Å². The van der Waals surface area contributed by atoms with E-state index in [-0.39, 0.29) is 11.8 Å². The quantitative estimate of drug-likeness (QED) is 0.786. The van der Waals surface area contributed by atoms with Crippen LogP contribution in [0.5, 0.6) is 0 Å². The maximum atomic E-state index is 11.6. The summed E-state index contributed by atoms with van der Waals surface area (Å²) in [5.74, 6) is 0.564. The first-order chi connectivity index (χ1) is 8.06. The molecule has 2 N–H and O–H groups in total. The number of ketones is 1. The van der Waals surface area contributed by atoms with Crippen LogP contribution in [0.2, 0.25) is 0 Å². The molecule has 0 heterocycles. The molecule has 0 saturated heterocycles. The second kappa shape index (κ2) is 4.57. The minimum Gasteiger partial charge on any atom is -0.335 e. The van der Waals surface area contributed by atoms with E-state index in [0.29, 0.717) is 23.2 Å². The largest absolute Gasteiger partial charge is 0.335 e. The second-order valence-electron chi connectivity index (χ2n) is 4.55. The van der Waals surface area contributed by atoms with E-state index in [9.17, 15) is 9.59 Å². The van der Waals surface area contributed by atoms with Gasteiger partial charge in [-0.3, -0.25) is 4.79 Å². The van der Waals surface area contributed by atoms with Crippen molar-refractivity contribution in [2.45, 2.75) is 26.3 Å². The van der Waals surface area contributed by atoms with E-state index >= 15 is 0 Å². The number of amides is 2. The summed E-state index contributed by atoms with van der Waals surface area (Å²) in [6, 6.07) is 7.02. The third kappa shape index (κ3) is 3.06. The van der Waals surface area contributed by atoms with Gasteiger partial charge in [-0.2, -0.15) is 0 Å². The number of urea groups is 1. The van der Waals surface area contributed by atoms with E-state index < -0.39 is 0 Å². The predicted molar refractivity (Wildman–Crippen MR) is 66.2 cm³/mol. The van der Waals surface area contributed by atoms with Gasteiger partial charge >= 0.3 is 6.03 Å². The smallest absolute Gasteiger partial charge is 0.319 e. The lowest BCUT2D eigenvalue weighted by atomic mass is 10.1. The Kier molecular flexibility index (Phi) is 3.13. The lowest BCUT2D eigenvalue weighted by Gasteiger charge is -2.07. The molecule has 2 atom stereocenters. The van der Waals surface area contributed by atoms with Gasteiger partial charge in [-0.25, -0.2) is 4.79 Å². The summed E-state index contributed by atoms with van der Waals surface area (Å²) in [5.41, 5.74) is 1.24. The van der Waals surface area contributed by atoms with Gasteiger partial charge in [0.15, 0.2) is 5.78 Å². The molecule has 0 bridgehead atoms. The molecular weight excluding hydrogens is 216 g/mol. The number of rotatable bonds is 3. The first kappa shape index (κ1) is 11.6. The van der Waals surface area contributed by atoms with E-state index in [1.165, 1.54) is 6.92 Å². The molecule has 1 aromatic rings. The van der Waals surface area contributed by atoms with Crippen LogP contribution in [0.1, 0.15) is 30.6 Å². The van der Waals surface area contributed by atoms with E-state index in [1.807, 2.05) is 0 Å². The van der Waals surface area contributed by atoms with Gasteiger partial charge in [-0.15, -0.1) is 0 Å². The monoisotopic (exact) mass is 232 g/mol. The highest BCUT2D eigenvalue weighted by molar-refractivity contribution is 5.96. The van der Waals surface area contributed by atoms with E-state index in [2.05, 4.69) is 17.6 Å². The number of carbonyl (C=O) groups is 2. The molecule has 1 aliphatic rings. The van der Waals surface area contributed by atoms with Gasteiger partial charge in [0, 0.05) is 17.3 Å². The van der Waals surface area contributed by atoms with Crippen molar-refractivity contribution in [2.75, 3.05) is 5.32 Å². The molecule has 2 amide bonds. The van der Waals surface area contributed by atoms with Crippen LogP contribution in [0.4, 0.5) is 10.5 Å². The van der Waals surface area contributed by atoms with Crippen molar-refractivity contribution in [1.29, 1.82) is 0 Å². The number of hydrogen-bond acceptors (Lipinski definition) is 2. The fraction of sp³-hybridized carbons (Fsp3) is 0.385. The number of Topliss-reactive ketones (excluding diaryl/α,β-unsaturated/α-hetero) is 1. The van der Waals surface area contributed by atoms with E-state index in [0.717, 1.165) is 6.42 Å². The van der Waals surface area contributed by atoms with Gasteiger partial charge in [-0.1, -0.05) is 19.1 Å². The van der Waals surface area contributed by atoms with E-state index in [1.54, 1.807) is 24.3 Å². The first-order valence-corrected chi connectivity index (χ1v) is 5.75. The lowest BCUT2D eigenvalue weighted by Crippen LogP contribution is -2.31. The highest BCUT2D eigenvalue weighted by Gasteiger charge is 2.33. The highest BCUT2D eigenvalue weighted by Crippen LogP contribution is 2.28. The topological polar surface area (TPSA) is 58.2 Å². The molecule has 1 aromatic carbocycles.